The van der Waals surface area contributed by atoms with Crippen molar-refractivity contribution in [1.82, 2.24) is 0 Å². The van der Waals surface area contributed by atoms with Gasteiger partial charge in [0.2, 0.25) is 0 Å². The van der Waals surface area contributed by atoms with E-state index in [1.54, 1.807) is 6.07 Å². The van der Waals surface area contributed by atoms with Crippen molar-refractivity contribution in [3.8, 4) is 5.75 Å². The van der Waals surface area contributed by atoms with Crippen molar-refractivity contribution in [2.75, 3.05) is 12.5 Å². The number of hydrogen-bond acceptors (Lipinski definition) is 1. The highest BCUT2D eigenvalue weighted by Gasteiger charge is 2.01. The topological polar surface area (TPSA) is 9.23 Å². The Morgan fingerprint density at radius 3 is 2.93 bits per heavy atom. The number of aryl methyl sites for hydroxylation is 1. The second-order valence-electron chi connectivity index (χ2n) is 3.08. The largest absolute Gasteiger partial charge is 0.489 e. The molecule has 0 aliphatic heterocycles. The van der Waals surface area contributed by atoms with Crippen LogP contribution in [0.25, 0.3) is 0 Å². The van der Waals surface area contributed by atoms with E-state index >= 15 is 0 Å². The Labute approximate surface area is 88.1 Å². The summed E-state index contributed by atoms with van der Waals surface area (Å²) in [6.45, 7) is 5.88. The molecule has 1 aromatic carbocycles. The monoisotopic (exact) mass is 214 g/mol. The molecule has 0 aromatic heterocycles. The molecule has 0 bridgehead atoms. The van der Waals surface area contributed by atoms with Crippen LogP contribution >= 0.6 is 11.6 Å². The summed E-state index contributed by atoms with van der Waals surface area (Å²) in [4.78, 5) is 0. The molecule has 1 aromatic rings. The van der Waals surface area contributed by atoms with Gasteiger partial charge in [-0.15, -0.1) is 11.6 Å². The second kappa shape index (κ2) is 5.01. The van der Waals surface area contributed by atoms with Gasteiger partial charge in [0.15, 0.2) is 0 Å². The standard InChI is InChI=1S/C11H12ClFO/c1-8(6-12)7-14-11-5-10(13)4-3-9(11)2/h3-5H,1,6-7H2,2H3. The van der Waals surface area contributed by atoms with E-state index in [0.29, 0.717) is 18.2 Å². The maximum Gasteiger partial charge on any atom is 0.126 e. The first kappa shape index (κ1) is 11.1. The Kier molecular flexibility index (Phi) is 3.96. The summed E-state index contributed by atoms with van der Waals surface area (Å²) in [5.74, 6) is 0.590. The molecule has 0 aliphatic rings. The van der Waals surface area contributed by atoms with Crippen LogP contribution in [-0.2, 0) is 0 Å². The first-order valence-corrected chi connectivity index (χ1v) is 4.78. The predicted octanol–water partition coefficient (Wildman–Crippen LogP) is 3.31. The van der Waals surface area contributed by atoms with Crippen LogP contribution in [0.5, 0.6) is 5.75 Å². The van der Waals surface area contributed by atoms with Crippen LogP contribution in [-0.4, -0.2) is 12.5 Å². The molecule has 0 atom stereocenters. The van der Waals surface area contributed by atoms with Crippen molar-refractivity contribution in [2.45, 2.75) is 6.92 Å². The Balaban J connectivity index is 2.66. The predicted molar refractivity (Wildman–Crippen MR) is 56.5 cm³/mol. The number of halogens is 2. The fourth-order valence-electron chi connectivity index (χ4n) is 0.948. The molecule has 0 radical (unpaired) electrons. The summed E-state index contributed by atoms with van der Waals surface area (Å²) < 4.78 is 18.2. The first-order valence-electron chi connectivity index (χ1n) is 4.25. The third-order valence-corrected chi connectivity index (χ3v) is 2.15. The number of hydrogen-bond donors (Lipinski definition) is 0. The van der Waals surface area contributed by atoms with Crippen molar-refractivity contribution in [1.29, 1.82) is 0 Å². The van der Waals surface area contributed by atoms with E-state index in [1.165, 1.54) is 12.1 Å². The maximum atomic E-state index is 12.8. The molecule has 0 heterocycles. The molecule has 1 rings (SSSR count). The molecule has 0 N–H and O–H groups in total. The third-order valence-electron chi connectivity index (χ3n) is 1.77. The smallest absolute Gasteiger partial charge is 0.126 e. The van der Waals surface area contributed by atoms with Crippen molar-refractivity contribution in [3.05, 3.63) is 41.7 Å². The van der Waals surface area contributed by atoms with Gasteiger partial charge in [-0.05, 0) is 24.1 Å². The molecule has 0 unspecified atom stereocenters. The van der Waals surface area contributed by atoms with E-state index in [4.69, 9.17) is 16.3 Å². The molecule has 0 fully saturated rings. The van der Waals surface area contributed by atoms with Gasteiger partial charge < -0.3 is 4.74 Å². The van der Waals surface area contributed by atoms with Crippen LogP contribution < -0.4 is 4.74 Å². The lowest BCUT2D eigenvalue weighted by molar-refractivity contribution is 0.348. The van der Waals surface area contributed by atoms with Crippen LogP contribution in [0.2, 0.25) is 0 Å². The van der Waals surface area contributed by atoms with E-state index < -0.39 is 0 Å². The molecule has 0 saturated carbocycles. The van der Waals surface area contributed by atoms with Crippen LogP contribution in [0.15, 0.2) is 30.4 Å². The zero-order valence-corrected chi connectivity index (χ0v) is 8.77. The van der Waals surface area contributed by atoms with Crippen molar-refractivity contribution < 1.29 is 9.13 Å². The highest BCUT2D eigenvalue weighted by Crippen LogP contribution is 2.19. The van der Waals surface area contributed by atoms with Crippen LogP contribution in [0.3, 0.4) is 0 Å². The van der Waals surface area contributed by atoms with Gasteiger partial charge in [-0.25, -0.2) is 4.39 Å². The molecule has 14 heavy (non-hydrogen) atoms. The van der Waals surface area contributed by atoms with Crippen molar-refractivity contribution in [3.63, 3.8) is 0 Å². The fraction of sp³-hybridized carbons (Fsp3) is 0.273. The van der Waals surface area contributed by atoms with E-state index in [-0.39, 0.29) is 5.82 Å². The minimum atomic E-state index is -0.304. The Hall–Kier alpha value is -1.02. The van der Waals surface area contributed by atoms with E-state index in [9.17, 15) is 4.39 Å². The lowest BCUT2D eigenvalue weighted by Gasteiger charge is -2.09. The van der Waals surface area contributed by atoms with E-state index in [0.717, 1.165) is 11.1 Å². The van der Waals surface area contributed by atoms with Crippen LogP contribution in [0, 0.1) is 12.7 Å². The lowest BCUT2D eigenvalue weighted by atomic mass is 10.2. The first-order chi connectivity index (χ1) is 6.63. The normalized spacial score (nSPS) is 9.93. The molecular formula is C11H12ClFO. The molecule has 0 amide bonds. The van der Waals surface area contributed by atoms with Crippen molar-refractivity contribution >= 4 is 11.6 Å². The Morgan fingerprint density at radius 2 is 2.29 bits per heavy atom. The molecule has 0 spiro atoms. The molecule has 3 heteroatoms. The summed E-state index contributed by atoms with van der Waals surface area (Å²) in [6.07, 6.45) is 0. The Morgan fingerprint density at radius 1 is 1.57 bits per heavy atom. The van der Waals surface area contributed by atoms with Gasteiger partial charge in [0.25, 0.3) is 0 Å². The van der Waals surface area contributed by atoms with Gasteiger partial charge in [-0.1, -0.05) is 12.6 Å². The van der Waals surface area contributed by atoms with Crippen LogP contribution in [0.1, 0.15) is 5.56 Å². The zero-order chi connectivity index (χ0) is 10.6. The van der Waals surface area contributed by atoms with Crippen LogP contribution in [0.4, 0.5) is 4.39 Å². The summed E-state index contributed by atoms with van der Waals surface area (Å²) in [7, 11) is 0. The molecule has 0 aliphatic carbocycles. The quantitative estimate of drug-likeness (QED) is 0.552. The number of rotatable bonds is 4. The van der Waals surface area contributed by atoms with E-state index in [2.05, 4.69) is 6.58 Å². The number of benzene rings is 1. The molecule has 1 nitrogen and oxygen atoms in total. The Bertz CT molecular complexity index is 336. The fourth-order valence-corrected chi connectivity index (χ4v) is 1.02. The van der Waals surface area contributed by atoms with E-state index in [1.807, 2.05) is 6.92 Å². The molecule has 76 valence electrons. The second-order valence-corrected chi connectivity index (χ2v) is 3.35. The highest BCUT2D eigenvalue weighted by molar-refractivity contribution is 6.19. The van der Waals surface area contributed by atoms with Gasteiger partial charge >= 0.3 is 0 Å². The summed E-state index contributed by atoms with van der Waals surface area (Å²) >= 11 is 5.54. The SMILES string of the molecule is C=C(CCl)COc1cc(F)ccc1C. The average molecular weight is 215 g/mol. The van der Waals surface area contributed by atoms with Gasteiger partial charge in [0, 0.05) is 11.9 Å². The number of alkyl halides is 1. The number of ether oxygens (including phenoxy) is 1. The highest BCUT2D eigenvalue weighted by atomic mass is 35.5. The summed E-state index contributed by atoms with van der Waals surface area (Å²) in [6, 6.07) is 4.43. The van der Waals surface area contributed by atoms with Gasteiger partial charge in [0.1, 0.15) is 18.2 Å². The minimum Gasteiger partial charge on any atom is -0.489 e. The summed E-state index contributed by atoms with van der Waals surface area (Å²) in [5, 5.41) is 0. The maximum absolute atomic E-state index is 12.8. The van der Waals surface area contributed by atoms with Gasteiger partial charge in [-0.3, -0.25) is 0 Å². The lowest BCUT2D eigenvalue weighted by Crippen LogP contribution is -2.02. The zero-order valence-electron chi connectivity index (χ0n) is 8.02. The molecule has 0 saturated heterocycles. The molecular weight excluding hydrogens is 203 g/mol. The minimum absolute atomic E-state index is 0.304. The van der Waals surface area contributed by atoms with Gasteiger partial charge in [0.05, 0.1) is 0 Å². The van der Waals surface area contributed by atoms with Crippen molar-refractivity contribution in [2.24, 2.45) is 0 Å². The van der Waals surface area contributed by atoms with Gasteiger partial charge in [-0.2, -0.15) is 0 Å². The average Bonchev–Trinajstić information content (AvgIpc) is 2.19. The summed E-state index contributed by atoms with van der Waals surface area (Å²) in [5.41, 5.74) is 1.67. The third kappa shape index (κ3) is 3.04.